The van der Waals surface area contributed by atoms with Crippen LogP contribution in [0.3, 0.4) is 0 Å². The van der Waals surface area contributed by atoms with Crippen molar-refractivity contribution in [1.82, 2.24) is 19.9 Å². The molecule has 0 radical (unpaired) electrons. The summed E-state index contributed by atoms with van der Waals surface area (Å²) in [7, 11) is 2.02. The van der Waals surface area contributed by atoms with Gasteiger partial charge in [0.05, 0.1) is 11.0 Å². The van der Waals surface area contributed by atoms with E-state index in [0.717, 1.165) is 27.8 Å². The van der Waals surface area contributed by atoms with Gasteiger partial charge in [-0.05, 0) is 42.8 Å². The largest absolute Gasteiger partial charge is 0.457 e. The number of ether oxygens (including phenoxy) is 1. The van der Waals surface area contributed by atoms with Gasteiger partial charge in [-0.2, -0.15) is 0 Å². The lowest BCUT2D eigenvalue weighted by Crippen LogP contribution is -2.23. The first-order valence-electron chi connectivity index (χ1n) is 9.65. The summed E-state index contributed by atoms with van der Waals surface area (Å²) in [6.45, 7) is 2.41. The van der Waals surface area contributed by atoms with Gasteiger partial charge in [-0.3, -0.25) is 9.78 Å². The minimum Gasteiger partial charge on any atom is -0.457 e. The fraction of sp³-hybridized carbons (Fsp3) is 0.174. The van der Waals surface area contributed by atoms with Crippen LogP contribution < -0.4 is 10.1 Å². The lowest BCUT2D eigenvalue weighted by Gasteiger charge is -2.07. The number of benzene rings is 2. The number of amides is 1. The number of carbonyl (C=O) groups excluding carboxylic acids is 1. The van der Waals surface area contributed by atoms with Crippen LogP contribution in [0.1, 0.15) is 28.8 Å². The summed E-state index contributed by atoms with van der Waals surface area (Å²) in [5.41, 5.74) is 3.42. The number of carbonyl (C=O) groups is 1. The van der Waals surface area contributed by atoms with Crippen molar-refractivity contribution in [2.24, 2.45) is 7.05 Å². The van der Waals surface area contributed by atoms with Crippen LogP contribution in [0.2, 0.25) is 0 Å². The maximum Gasteiger partial charge on any atom is 0.270 e. The maximum atomic E-state index is 12.0. The van der Waals surface area contributed by atoms with Gasteiger partial charge in [0.25, 0.3) is 5.91 Å². The monoisotopic (exact) mass is 464 g/mol. The van der Waals surface area contributed by atoms with Crippen molar-refractivity contribution >= 4 is 32.9 Å². The van der Waals surface area contributed by atoms with E-state index in [9.17, 15) is 4.79 Å². The minimum atomic E-state index is -0.222. The summed E-state index contributed by atoms with van der Waals surface area (Å²) in [5, 5.41) is 2.74. The molecule has 1 N–H and O–H groups in total. The summed E-state index contributed by atoms with van der Waals surface area (Å²) >= 11 is 3.47. The van der Waals surface area contributed by atoms with E-state index < -0.39 is 0 Å². The summed E-state index contributed by atoms with van der Waals surface area (Å²) in [4.78, 5) is 20.9. The molecular formula is C23H21BrN4O2. The quantitative estimate of drug-likeness (QED) is 0.442. The smallest absolute Gasteiger partial charge is 0.270 e. The fourth-order valence-electron chi connectivity index (χ4n) is 3.22. The van der Waals surface area contributed by atoms with Gasteiger partial charge in [0.1, 0.15) is 23.0 Å². The van der Waals surface area contributed by atoms with Gasteiger partial charge in [0.15, 0.2) is 0 Å². The minimum absolute atomic E-state index is 0.222. The highest BCUT2D eigenvalue weighted by Crippen LogP contribution is 2.27. The molecule has 0 fully saturated rings. The number of nitrogens with zero attached hydrogens (tertiary/aromatic N) is 3. The lowest BCUT2D eigenvalue weighted by molar-refractivity contribution is 0.0950. The van der Waals surface area contributed by atoms with Crippen molar-refractivity contribution in [2.75, 3.05) is 6.54 Å². The Kier molecular flexibility index (Phi) is 5.81. The number of aryl methyl sites for hydroxylation is 1. The van der Waals surface area contributed by atoms with E-state index in [1.165, 1.54) is 5.56 Å². The average molecular weight is 465 g/mol. The van der Waals surface area contributed by atoms with Gasteiger partial charge >= 0.3 is 0 Å². The molecule has 0 aliphatic carbocycles. The Morgan fingerprint density at radius 1 is 1.10 bits per heavy atom. The first-order valence-corrected chi connectivity index (χ1v) is 10.4. The van der Waals surface area contributed by atoms with E-state index in [0.29, 0.717) is 23.7 Å². The number of pyridine rings is 1. The molecule has 0 aliphatic heterocycles. The highest BCUT2D eigenvalue weighted by molar-refractivity contribution is 9.10. The van der Waals surface area contributed by atoms with E-state index >= 15 is 0 Å². The SMILES string of the molecule is CCNC(=O)c1cc(Oc2ccc3c(c2)nc(Cc2ccc(Br)cc2)n3C)ccn1. The normalized spacial score (nSPS) is 10.9. The Morgan fingerprint density at radius 3 is 2.63 bits per heavy atom. The molecule has 152 valence electrons. The van der Waals surface area contributed by atoms with Gasteiger partial charge < -0.3 is 14.6 Å². The molecule has 30 heavy (non-hydrogen) atoms. The second kappa shape index (κ2) is 8.67. The number of rotatable bonds is 6. The van der Waals surface area contributed by atoms with Crippen LogP contribution in [0.4, 0.5) is 0 Å². The van der Waals surface area contributed by atoms with Crippen LogP contribution in [-0.2, 0) is 13.5 Å². The maximum absolute atomic E-state index is 12.0. The third kappa shape index (κ3) is 4.36. The number of aromatic nitrogens is 3. The summed E-state index contributed by atoms with van der Waals surface area (Å²) in [6.07, 6.45) is 2.31. The molecule has 4 aromatic rings. The average Bonchev–Trinajstić information content (AvgIpc) is 3.05. The van der Waals surface area contributed by atoms with Crippen molar-refractivity contribution < 1.29 is 9.53 Å². The zero-order chi connectivity index (χ0) is 21.1. The molecular weight excluding hydrogens is 444 g/mol. The Labute approximate surface area is 183 Å². The second-order valence-corrected chi connectivity index (χ2v) is 7.79. The Bertz CT molecular complexity index is 1200. The van der Waals surface area contributed by atoms with Crippen LogP contribution in [0.25, 0.3) is 11.0 Å². The number of fused-ring (bicyclic) bond motifs is 1. The molecule has 0 aliphatic rings. The van der Waals surface area contributed by atoms with Crippen LogP contribution in [0.5, 0.6) is 11.5 Å². The van der Waals surface area contributed by atoms with Crippen LogP contribution in [0.15, 0.2) is 65.3 Å². The van der Waals surface area contributed by atoms with Gasteiger partial charge in [-0.1, -0.05) is 28.1 Å². The van der Waals surface area contributed by atoms with Gasteiger partial charge in [-0.25, -0.2) is 4.98 Å². The standard InChI is InChI=1S/C23H21BrN4O2/c1-3-25-23(29)20-14-18(10-11-26-20)30-17-8-9-21-19(13-17)27-22(28(21)2)12-15-4-6-16(24)7-5-15/h4-11,13-14H,3,12H2,1-2H3,(H,25,29). The molecule has 4 rings (SSSR count). The zero-order valence-corrected chi connectivity index (χ0v) is 18.3. The van der Waals surface area contributed by atoms with E-state index in [1.807, 2.05) is 44.3 Å². The molecule has 2 aromatic carbocycles. The highest BCUT2D eigenvalue weighted by Gasteiger charge is 2.11. The summed E-state index contributed by atoms with van der Waals surface area (Å²) < 4.78 is 9.12. The molecule has 7 heteroatoms. The number of nitrogens with one attached hydrogen (secondary N) is 1. The van der Waals surface area contributed by atoms with Gasteiger partial charge in [-0.15, -0.1) is 0 Å². The van der Waals surface area contributed by atoms with E-state index in [2.05, 4.69) is 42.9 Å². The topological polar surface area (TPSA) is 69.0 Å². The molecule has 0 unspecified atom stereocenters. The van der Waals surface area contributed by atoms with Crippen LogP contribution in [0, 0.1) is 0 Å². The van der Waals surface area contributed by atoms with E-state index in [1.54, 1.807) is 18.3 Å². The Balaban J connectivity index is 1.57. The molecule has 0 spiro atoms. The van der Waals surface area contributed by atoms with E-state index in [4.69, 9.17) is 9.72 Å². The predicted octanol–water partition coefficient (Wildman–Crippen LogP) is 4.86. The Hall–Kier alpha value is -3.19. The number of hydrogen-bond acceptors (Lipinski definition) is 4. The summed E-state index contributed by atoms with van der Waals surface area (Å²) in [5.74, 6) is 1.97. The van der Waals surface area contributed by atoms with Crippen LogP contribution in [-0.4, -0.2) is 27.0 Å². The molecule has 2 aromatic heterocycles. The Morgan fingerprint density at radius 2 is 1.87 bits per heavy atom. The second-order valence-electron chi connectivity index (χ2n) is 6.88. The third-order valence-corrected chi connectivity index (χ3v) is 5.29. The fourth-order valence-corrected chi connectivity index (χ4v) is 3.49. The van der Waals surface area contributed by atoms with Crippen molar-refractivity contribution in [1.29, 1.82) is 0 Å². The van der Waals surface area contributed by atoms with E-state index in [-0.39, 0.29) is 5.91 Å². The molecule has 6 nitrogen and oxygen atoms in total. The number of imidazole rings is 1. The molecule has 1 amide bonds. The van der Waals surface area contributed by atoms with Gasteiger partial charge in [0.2, 0.25) is 0 Å². The van der Waals surface area contributed by atoms with Gasteiger partial charge in [0, 0.05) is 42.8 Å². The number of hydrogen-bond donors (Lipinski definition) is 1. The molecule has 0 saturated carbocycles. The number of halogens is 1. The molecule has 0 atom stereocenters. The van der Waals surface area contributed by atoms with Crippen molar-refractivity contribution in [2.45, 2.75) is 13.3 Å². The van der Waals surface area contributed by atoms with Crippen molar-refractivity contribution in [3.05, 3.63) is 82.3 Å². The first-order chi connectivity index (χ1) is 14.5. The van der Waals surface area contributed by atoms with Crippen molar-refractivity contribution in [3.8, 4) is 11.5 Å². The van der Waals surface area contributed by atoms with Crippen molar-refractivity contribution in [3.63, 3.8) is 0 Å². The van der Waals surface area contributed by atoms with Crippen LogP contribution >= 0.6 is 15.9 Å². The lowest BCUT2D eigenvalue weighted by atomic mass is 10.1. The predicted molar refractivity (Wildman–Crippen MR) is 120 cm³/mol. The zero-order valence-electron chi connectivity index (χ0n) is 16.7. The molecule has 0 bridgehead atoms. The molecule has 0 saturated heterocycles. The third-order valence-electron chi connectivity index (χ3n) is 4.76. The highest BCUT2D eigenvalue weighted by atomic mass is 79.9. The first kappa shape index (κ1) is 20.1. The molecule has 2 heterocycles. The summed E-state index contributed by atoms with van der Waals surface area (Å²) in [6, 6.07) is 17.4.